The maximum Gasteiger partial charge on any atom is 0.407 e. The molecule has 0 fully saturated rings. The van der Waals surface area contributed by atoms with Gasteiger partial charge in [0.2, 0.25) is 0 Å². The van der Waals surface area contributed by atoms with Crippen LogP contribution in [0.4, 0.5) is 9.59 Å². The number of rotatable bonds is 45. The Bertz CT molecular complexity index is 961. The normalized spacial score (nSPS) is 13.1. The van der Waals surface area contributed by atoms with E-state index < -0.39 is 23.4 Å². The van der Waals surface area contributed by atoms with Gasteiger partial charge in [-0.1, -0.05) is 155 Å². The van der Waals surface area contributed by atoms with Gasteiger partial charge in [-0.05, 0) is 93.4 Å². The van der Waals surface area contributed by atoms with Crippen LogP contribution in [0.3, 0.4) is 0 Å². The van der Waals surface area contributed by atoms with Crippen LogP contribution in [0.15, 0.2) is 0 Å². The molecule has 64 heavy (non-hydrogen) atoms. The lowest BCUT2D eigenvalue weighted by Crippen LogP contribution is -2.50. The molecule has 0 aliphatic heterocycles. The molecule has 0 aliphatic carbocycles. The number of aliphatic hydroxyl groups excluding tert-OH is 2. The lowest BCUT2D eigenvalue weighted by atomic mass is 10.1. The number of alkyl carbamates (subject to hydrolysis) is 2. The number of hydrogen-bond acceptors (Lipinski definition) is 10. The van der Waals surface area contributed by atoms with E-state index in [1.807, 2.05) is 41.5 Å². The second-order valence-electron chi connectivity index (χ2n) is 20.6. The summed E-state index contributed by atoms with van der Waals surface area (Å²) in [4.78, 5) is 30.3. The van der Waals surface area contributed by atoms with Crippen molar-refractivity contribution in [2.24, 2.45) is 0 Å². The van der Waals surface area contributed by atoms with Gasteiger partial charge in [0.1, 0.15) is 11.2 Å². The third-order valence-corrected chi connectivity index (χ3v) is 11.7. The van der Waals surface area contributed by atoms with Crippen LogP contribution in [0.2, 0.25) is 0 Å². The number of hydrogen-bond donors (Lipinski definition) is 6. The van der Waals surface area contributed by atoms with Crippen molar-refractivity contribution in [3.63, 3.8) is 0 Å². The zero-order valence-corrected chi connectivity index (χ0v) is 43.4. The maximum absolute atomic E-state index is 12.6. The fraction of sp³-hybridized carbons (Fsp3) is 0.962. The zero-order valence-electron chi connectivity index (χ0n) is 43.4. The molecule has 0 saturated carbocycles. The predicted molar refractivity (Wildman–Crippen MR) is 270 cm³/mol. The third kappa shape index (κ3) is 44.2. The van der Waals surface area contributed by atoms with E-state index in [1.54, 1.807) is 0 Å². The summed E-state index contributed by atoms with van der Waals surface area (Å²) in [6.45, 7) is 23.1. The summed E-state index contributed by atoms with van der Waals surface area (Å²) < 4.78 is 11.1. The molecule has 0 radical (unpaired) electrons. The van der Waals surface area contributed by atoms with Crippen molar-refractivity contribution in [1.29, 1.82) is 0 Å². The standard InChI is InChI=1S/C52H108N6O6/c1-9-11-13-15-17-19-21-23-25-27-29-31-37-57(45-47(53-35-41-59)43-55-49(61)63-51(3,4)5)39-33-34-40-58(38-32-30-28-26-24-22-20-18-16-14-12-10-2)46-48(54-36-42-60)44-56-50(62)64-52(6,7)8/h47-48,53-54,59-60H,9-46H2,1-8H3,(H,55,61)(H,56,62). The number of aliphatic hydroxyl groups is 2. The molecule has 12 nitrogen and oxygen atoms in total. The van der Waals surface area contributed by atoms with Crippen LogP contribution in [-0.4, -0.2) is 134 Å². The van der Waals surface area contributed by atoms with E-state index in [-0.39, 0.29) is 25.3 Å². The highest BCUT2D eigenvalue weighted by Gasteiger charge is 2.21. The molecule has 0 heterocycles. The Morgan fingerprint density at radius 1 is 0.438 bits per heavy atom. The Labute approximate surface area is 395 Å². The van der Waals surface area contributed by atoms with Crippen LogP contribution in [0.25, 0.3) is 0 Å². The van der Waals surface area contributed by atoms with Gasteiger partial charge < -0.3 is 50.8 Å². The molecule has 0 aromatic rings. The van der Waals surface area contributed by atoms with Gasteiger partial charge in [-0.15, -0.1) is 0 Å². The van der Waals surface area contributed by atoms with Crippen LogP contribution >= 0.6 is 0 Å². The fourth-order valence-electron chi connectivity index (χ4n) is 8.22. The van der Waals surface area contributed by atoms with Crippen molar-refractivity contribution in [3.05, 3.63) is 0 Å². The average Bonchev–Trinajstić information content (AvgIpc) is 3.23. The lowest BCUT2D eigenvalue weighted by Gasteiger charge is -2.30. The van der Waals surface area contributed by atoms with Crippen molar-refractivity contribution in [3.8, 4) is 0 Å². The Morgan fingerprint density at radius 3 is 0.938 bits per heavy atom. The number of unbranched alkanes of at least 4 members (excludes halogenated alkanes) is 23. The SMILES string of the molecule is CCCCCCCCCCCCCCN(CCCCN(CCCCCCCCCCCCCC)CC(CNC(=O)OC(C)(C)C)NCCO)CC(CNC(=O)OC(C)(C)C)NCCO. The Kier molecular flexibility index (Phi) is 41.5. The molecule has 0 aromatic heterocycles. The molecule has 0 aromatic carbocycles. The highest BCUT2D eigenvalue weighted by atomic mass is 16.6. The number of carbonyl (C=O) groups is 2. The van der Waals surface area contributed by atoms with Crippen molar-refractivity contribution in [2.75, 3.05) is 78.7 Å². The van der Waals surface area contributed by atoms with Gasteiger partial charge in [-0.2, -0.15) is 0 Å². The molecule has 2 atom stereocenters. The van der Waals surface area contributed by atoms with E-state index in [2.05, 4.69) is 44.9 Å². The number of nitrogens with zero attached hydrogens (tertiary/aromatic N) is 2. The Morgan fingerprint density at radius 2 is 0.688 bits per heavy atom. The smallest absolute Gasteiger partial charge is 0.407 e. The molecular weight excluding hydrogens is 805 g/mol. The van der Waals surface area contributed by atoms with Crippen molar-refractivity contribution < 1.29 is 29.3 Å². The molecule has 2 amide bonds. The van der Waals surface area contributed by atoms with Crippen LogP contribution in [0.5, 0.6) is 0 Å². The highest BCUT2D eigenvalue weighted by Crippen LogP contribution is 2.15. The molecular formula is C52H108N6O6. The molecule has 382 valence electrons. The Hall–Kier alpha value is -1.70. The van der Waals surface area contributed by atoms with Gasteiger partial charge in [0, 0.05) is 51.4 Å². The molecule has 0 aliphatic rings. The zero-order chi connectivity index (χ0) is 47.6. The summed E-state index contributed by atoms with van der Waals surface area (Å²) >= 11 is 0. The molecule has 0 bridgehead atoms. The molecule has 12 heteroatoms. The minimum atomic E-state index is -0.566. The van der Waals surface area contributed by atoms with E-state index in [0.29, 0.717) is 26.2 Å². The Balaban J connectivity index is 5.53. The quantitative estimate of drug-likeness (QED) is 0.0326. The third-order valence-electron chi connectivity index (χ3n) is 11.7. The van der Waals surface area contributed by atoms with E-state index in [4.69, 9.17) is 9.47 Å². The van der Waals surface area contributed by atoms with Crippen LogP contribution in [-0.2, 0) is 9.47 Å². The van der Waals surface area contributed by atoms with Crippen LogP contribution < -0.4 is 21.3 Å². The first-order valence-corrected chi connectivity index (χ1v) is 26.8. The van der Waals surface area contributed by atoms with Crippen molar-refractivity contribution in [1.82, 2.24) is 31.1 Å². The second-order valence-corrected chi connectivity index (χ2v) is 20.6. The maximum atomic E-state index is 12.6. The summed E-state index contributed by atoms with van der Waals surface area (Å²) in [5.74, 6) is 0. The predicted octanol–water partition coefficient (Wildman–Crippen LogP) is 10.7. The second kappa shape index (κ2) is 42.6. The number of ether oxygens (including phenoxy) is 2. The monoisotopic (exact) mass is 913 g/mol. The molecule has 0 saturated heterocycles. The average molecular weight is 913 g/mol. The highest BCUT2D eigenvalue weighted by molar-refractivity contribution is 5.68. The first kappa shape index (κ1) is 62.3. The fourth-order valence-corrected chi connectivity index (χ4v) is 8.22. The molecule has 2 unspecified atom stereocenters. The topological polar surface area (TPSA) is 148 Å². The van der Waals surface area contributed by atoms with Gasteiger partial charge in [-0.3, -0.25) is 0 Å². The van der Waals surface area contributed by atoms with Crippen molar-refractivity contribution in [2.45, 2.75) is 246 Å². The first-order valence-electron chi connectivity index (χ1n) is 26.8. The summed E-state index contributed by atoms with van der Waals surface area (Å²) in [7, 11) is 0. The number of carbonyl (C=O) groups excluding carboxylic acids is 2. The summed E-state index contributed by atoms with van der Waals surface area (Å²) in [5.41, 5.74) is -1.13. The molecule has 0 spiro atoms. The first-order chi connectivity index (χ1) is 30.7. The van der Waals surface area contributed by atoms with Crippen molar-refractivity contribution >= 4 is 12.2 Å². The molecule has 6 N–H and O–H groups in total. The largest absolute Gasteiger partial charge is 0.444 e. The van der Waals surface area contributed by atoms with Gasteiger partial charge in [0.15, 0.2) is 0 Å². The minimum absolute atomic E-state index is 0.0184. The number of nitrogens with one attached hydrogen (secondary N) is 4. The molecule has 0 rings (SSSR count). The van der Waals surface area contributed by atoms with E-state index in [0.717, 1.165) is 65.0 Å². The summed E-state index contributed by atoms with van der Waals surface area (Å²) in [6.07, 6.45) is 33.0. The van der Waals surface area contributed by atoms with E-state index in [9.17, 15) is 19.8 Å². The van der Waals surface area contributed by atoms with Crippen LogP contribution in [0, 0.1) is 0 Å². The minimum Gasteiger partial charge on any atom is -0.444 e. The summed E-state index contributed by atoms with van der Waals surface area (Å²) in [6, 6.07) is -0.0368. The van der Waals surface area contributed by atoms with Gasteiger partial charge >= 0.3 is 12.2 Å². The lowest BCUT2D eigenvalue weighted by molar-refractivity contribution is 0.0507. The summed E-state index contributed by atoms with van der Waals surface area (Å²) in [5, 5.41) is 32.2. The van der Waals surface area contributed by atoms with Gasteiger partial charge in [0.25, 0.3) is 0 Å². The van der Waals surface area contributed by atoms with Crippen LogP contribution in [0.1, 0.15) is 222 Å². The van der Waals surface area contributed by atoms with E-state index >= 15 is 0 Å². The van der Waals surface area contributed by atoms with E-state index in [1.165, 1.54) is 141 Å². The number of amides is 2. The van der Waals surface area contributed by atoms with Gasteiger partial charge in [-0.25, -0.2) is 9.59 Å². The van der Waals surface area contributed by atoms with Gasteiger partial charge in [0.05, 0.1) is 13.2 Å².